The molecule has 0 aliphatic heterocycles. The van der Waals surface area contributed by atoms with Gasteiger partial charge in [0, 0.05) is 34.9 Å². The molecule has 0 aromatic heterocycles. The number of amides is 1. The number of unbranched alkanes of at least 4 members (excludes halogenated alkanes) is 1. The Kier molecular flexibility index (Phi) is 44.8. The molecule has 0 fully saturated rings. The van der Waals surface area contributed by atoms with E-state index in [4.69, 9.17) is 21.1 Å². The van der Waals surface area contributed by atoms with Crippen molar-refractivity contribution in [3.8, 4) is 0 Å². The average molecular weight is 588 g/mol. The van der Waals surface area contributed by atoms with Crippen molar-refractivity contribution in [2.24, 2.45) is 5.73 Å². The topological polar surface area (TPSA) is 217 Å². The van der Waals surface area contributed by atoms with Gasteiger partial charge in [-0.2, -0.15) is 0 Å². The fraction of sp³-hybridized carbons (Fsp3) is 0.357. The largest absolute Gasteiger partial charge is 0.478 e. The van der Waals surface area contributed by atoms with Crippen LogP contribution in [-0.2, 0) is 43.0 Å². The quantitative estimate of drug-likeness (QED) is 0.119. The molecule has 0 atom stereocenters. The number of nitrogens with two attached hydrogens (primary N) is 1. The van der Waals surface area contributed by atoms with E-state index in [1.807, 2.05) is 6.92 Å². The predicted octanol–water partition coefficient (Wildman–Crippen LogP) is 2.91. The van der Waals surface area contributed by atoms with Crippen LogP contribution in [0.4, 0.5) is 0 Å². The fourth-order valence-electron chi connectivity index (χ4n) is 0.755. The van der Waals surface area contributed by atoms with Crippen molar-refractivity contribution in [3.05, 3.63) is 74.4 Å². The van der Waals surface area contributed by atoms with Gasteiger partial charge in [-0.1, -0.05) is 52.8 Å². The third-order valence-corrected chi connectivity index (χ3v) is 2.91. The number of aliphatic hydroxyl groups excluding tert-OH is 1. The number of primary amides is 1. The van der Waals surface area contributed by atoms with E-state index in [-0.39, 0.29) is 30.7 Å². The Hall–Kier alpha value is -4.78. The van der Waals surface area contributed by atoms with E-state index >= 15 is 0 Å². The van der Waals surface area contributed by atoms with E-state index in [9.17, 15) is 28.8 Å². The van der Waals surface area contributed by atoms with Crippen LogP contribution >= 0.6 is 0 Å². The van der Waals surface area contributed by atoms with Gasteiger partial charge in [0.2, 0.25) is 5.91 Å². The van der Waals surface area contributed by atoms with Crippen molar-refractivity contribution < 1.29 is 58.3 Å². The minimum Gasteiger partial charge on any atom is -0.478 e. The Morgan fingerprint density at radius 3 is 1.24 bits per heavy atom. The molecule has 0 aliphatic carbocycles. The second kappa shape index (κ2) is 37.4. The molecule has 0 radical (unpaired) electrons. The van der Waals surface area contributed by atoms with E-state index in [2.05, 4.69) is 53.7 Å². The zero-order chi connectivity index (χ0) is 34.0. The molecule has 0 saturated heterocycles. The van der Waals surface area contributed by atoms with Crippen LogP contribution < -0.4 is 5.73 Å². The lowest BCUT2D eigenvalue weighted by Gasteiger charge is -1.97. The lowest BCUT2D eigenvalue weighted by molar-refractivity contribution is -0.139. The van der Waals surface area contributed by atoms with Crippen molar-refractivity contribution >= 4 is 35.8 Å². The van der Waals surface area contributed by atoms with E-state index in [0.717, 1.165) is 25.0 Å². The summed E-state index contributed by atoms with van der Waals surface area (Å²) < 4.78 is 13.3. The molecule has 0 heterocycles. The highest BCUT2D eigenvalue weighted by atomic mass is 16.5. The zero-order valence-corrected chi connectivity index (χ0v) is 24.6. The number of carbonyl (C=O) groups excluding carboxylic acids is 4. The highest BCUT2D eigenvalue weighted by Crippen LogP contribution is 1.88. The Labute approximate surface area is 242 Å². The van der Waals surface area contributed by atoms with Gasteiger partial charge in [-0.3, -0.25) is 4.79 Å². The molecule has 0 aliphatic rings. The van der Waals surface area contributed by atoms with Crippen LogP contribution in [0.15, 0.2) is 74.4 Å². The summed E-state index contributed by atoms with van der Waals surface area (Å²) in [6.07, 6.45) is 5.04. The minimum absolute atomic E-state index is 0.0465. The molecular weight excluding hydrogens is 542 g/mol. The molecule has 0 spiro atoms. The van der Waals surface area contributed by atoms with Crippen LogP contribution in [0.5, 0.6) is 0 Å². The maximum Gasteiger partial charge on any atom is 0.332 e. The first-order chi connectivity index (χ1) is 18.9. The molecule has 0 aromatic carbocycles. The van der Waals surface area contributed by atoms with Crippen molar-refractivity contribution in [1.29, 1.82) is 0 Å². The second-order valence-electron chi connectivity index (χ2n) is 6.86. The number of carbonyl (C=O) groups is 6. The Balaban J connectivity index is -0.0000000906. The number of aliphatic carboxylic acids is 2. The fourth-order valence-corrected chi connectivity index (χ4v) is 0.755. The number of aliphatic hydroxyl groups is 1. The van der Waals surface area contributed by atoms with Gasteiger partial charge in [0.15, 0.2) is 0 Å². The third-order valence-electron chi connectivity index (χ3n) is 2.91. The SMILES string of the molecule is C=C(C)C(=O)O.C=C(C)C(=O)OC.C=C(C)C(N)=O.C=CC(=O)O.C=CC(=O)OCCCC.C=CC(=O)OCCO. The highest BCUT2D eigenvalue weighted by molar-refractivity contribution is 5.90. The van der Waals surface area contributed by atoms with Gasteiger partial charge in [-0.15, -0.1) is 0 Å². The summed E-state index contributed by atoms with van der Waals surface area (Å²) in [5, 5.41) is 23.6. The highest BCUT2D eigenvalue weighted by Gasteiger charge is 1.95. The molecule has 0 rings (SSSR count). The van der Waals surface area contributed by atoms with Gasteiger partial charge in [0.1, 0.15) is 6.61 Å². The average Bonchev–Trinajstić information content (AvgIpc) is 2.92. The Morgan fingerprint density at radius 1 is 0.756 bits per heavy atom. The summed E-state index contributed by atoms with van der Waals surface area (Å²) in [5.74, 6) is -3.53. The molecule has 13 heteroatoms. The molecule has 0 aromatic rings. The summed E-state index contributed by atoms with van der Waals surface area (Å²) in [7, 11) is 1.33. The summed E-state index contributed by atoms with van der Waals surface area (Å²) in [6, 6.07) is 0. The second-order valence-corrected chi connectivity index (χ2v) is 6.86. The van der Waals surface area contributed by atoms with E-state index < -0.39 is 23.8 Å². The first-order valence-corrected chi connectivity index (χ1v) is 11.5. The molecular formula is C28H45NO12. The minimum atomic E-state index is -0.981. The van der Waals surface area contributed by atoms with Crippen LogP contribution in [0.25, 0.3) is 0 Å². The van der Waals surface area contributed by atoms with Crippen molar-refractivity contribution in [3.63, 3.8) is 0 Å². The van der Waals surface area contributed by atoms with Crippen molar-refractivity contribution in [2.45, 2.75) is 40.5 Å². The van der Waals surface area contributed by atoms with E-state index in [0.29, 0.717) is 17.8 Å². The zero-order valence-electron chi connectivity index (χ0n) is 24.6. The van der Waals surface area contributed by atoms with Gasteiger partial charge >= 0.3 is 29.8 Å². The number of hydrogen-bond donors (Lipinski definition) is 4. The smallest absolute Gasteiger partial charge is 0.332 e. The van der Waals surface area contributed by atoms with Gasteiger partial charge in [0.25, 0.3) is 0 Å². The molecule has 41 heavy (non-hydrogen) atoms. The van der Waals surface area contributed by atoms with Gasteiger partial charge in [-0.05, 0) is 27.2 Å². The van der Waals surface area contributed by atoms with E-state index in [1.165, 1.54) is 20.1 Å². The standard InChI is InChI=1S/C7H12O2.C5H8O3.C5H8O2.C4H7NO.C4H6O2.C3H4O2/c1-3-5-6-9-7(8)4-2;1-2-5(7)8-4-3-6;1-4(2)5(6)7-3;2*1-3(2)4(5)6;1-2-3(4)5/h4H,2-3,5-6H2,1H3;2,6H,1,3-4H2;1H2,2-3H3;1H2,2H3,(H2,5,6);1H2,2H3,(H,5,6);2H,1H2,(H,4,5). The number of carboxylic acid groups (broad SMARTS) is 2. The van der Waals surface area contributed by atoms with Gasteiger partial charge in [0.05, 0.1) is 20.3 Å². The number of esters is 3. The maximum absolute atomic E-state index is 10.3. The van der Waals surface area contributed by atoms with Crippen LogP contribution in [0.3, 0.4) is 0 Å². The van der Waals surface area contributed by atoms with E-state index in [1.54, 1.807) is 13.8 Å². The summed E-state index contributed by atoms with van der Waals surface area (Å²) in [4.78, 5) is 59.3. The van der Waals surface area contributed by atoms with Crippen LogP contribution in [0.1, 0.15) is 40.5 Å². The third kappa shape index (κ3) is 66.3. The summed E-state index contributed by atoms with van der Waals surface area (Å²) in [6.45, 7) is 26.3. The summed E-state index contributed by atoms with van der Waals surface area (Å²) >= 11 is 0. The first kappa shape index (κ1) is 49.2. The van der Waals surface area contributed by atoms with Crippen molar-refractivity contribution in [2.75, 3.05) is 26.9 Å². The molecule has 13 nitrogen and oxygen atoms in total. The first-order valence-electron chi connectivity index (χ1n) is 11.5. The summed E-state index contributed by atoms with van der Waals surface area (Å²) in [5.41, 5.74) is 5.70. The Morgan fingerprint density at radius 2 is 1.10 bits per heavy atom. The predicted molar refractivity (Wildman–Crippen MR) is 155 cm³/mol. The lowest BCUT2D eigenvalue weighted by atomic mass is 10.3. The maximum atomic E-state index is 10.3. The molecule has 0 unspecified atom stereocenters. The van der Waals surface area contributed by atoms with Gasteiger partial charge < -0.3 is 35.3 Å². The van der Waals surface area contributed by atoms with Crippen LogP contribution in [0.2, 0.25) is 0 Å². The molecule has 1 amide bonds. The number of ether oxygens (including phenoxy) is 3. The molecule has 234 valence electrons. The number of rotatable bonds is 11. The Bertz CT molecular complexity index is 825. The van der Waals surface area contributed by atoms with Crippen LogP contribution in [0, 0.1) is 0 Å². The number of methoxy groups -OCH3 is 1. The molecule has 5 N–H and O–H groups in total. The van der Waals surface area contributed by atoms with Crippen molar-refractivity contribution in [1.82, 2.24) is 0 Å². The van der Waals surface area contributed by atoms with Gasteiger partial charge in [-0.25, -0.2) is 24.0 Å². The lowest BCUT2D eigenvalue weighted by Crippen LogP contribution is -2.10. The normalized spacial score (nSPS) is 7.76. The number of carboxylic acids is 2. The molecule has 0 saturated carbocycles. The van der Waals surface area contributed by atoms with Crippen LogP contribution in [-0.4, -0.2) is 78.0 Å². The number of hydrogen-bond acceptors (Lipinski definition) is 10. The monoisotopic (exact) mass is 587 g/mol. The molecule has 0 bridgehead atoms.